The summed E-state index contributed by atoms with van der Waals surface area (Å²) < 4.78 is 15.2. The predicted octanol–water partition coefficient (Wildman–Crippen LogP) is 2.20. The fourth-order valence-corrected chi connectivity index (χ4v) is 1.51. The second kappa shape index (κ2) is 6.25. The van der Waals surface area contributed by atoms with Crippen LogP contribution in [-0.2, 0) is 9.47 Å². The fraction of sp³-hybridized carbons (Fsp3) is 0.462. The predicted molar refractivity (Wildman–Crippen MR) is 64.5 cm³/mol. The summed E-state index contributed by atoms with van der Waals surface area (Å²) >= 11 is 0. The number of carbonyl (C=O) groups excluding carboxylic acids is 1. The SMILES string of the molecule is COC[C@@H](C)OC(=O)c1ccc(OC)cc1C. The lowest BCUT2D eigenvalue weighted by molar-refractivity contribution is 0.0119. The number of hydrogen-bond donors (Lipinski definition) is 0. The van der Waals surface area contributed by atoms with E-state index < -0.39 is 0 Å². The average molecular weight is 238 g/mol. The van der Waals surface area contributed by atoms with Crippen molar-refractivity contribution >= 4 is 5.97 Å². The molecule has 0 unspecified atom stereocenters. The van der Waals surface area contributed by atoms with Crippen LogP contribution in [0.5, 0.6) is 5.75 Å². The molecule has 0 spiro atoms. The van der Waals surface area contributed by atoms with Crippen LogP contribution in [0.1, 0.15) is 22.8 Å². The van der Waals surface area contributed by atoms with Crippen LogP contribution in [0, 0.1) is 6.92 Å². The normalized spacial score (nSPS) is 12.0. The van der Waals surface area contributed by atoms with Crippen LogP contribution < -0.4 is 4.74 Å². The van der Waals surface area contributed by atoms with Crippen molar-refractivity contribution in [3.05, 3.63) is 29.3 Å². The molecule has 0 aliphatic rings. The third kappa shape index (κ3) is 3.75. The van der Waals surface area contributed by atoms with Gasteiger partial charge in [-0.3, -0.25) is 0 Å². The van der Waals surface area contributed by atoms with Gasteiger partial charge in [-0.15, -0.1) is 0 Å². The van der Waals surface area contributed by atoms with Gasteiger partial charge in [-0.25, -0.2) is 4.79 Å². The largest absolute Gasteiger partial charge is 0.497 e. The lowest BCUT2D eigenvalue weighted by Gasteiger charge is -2.13. The zero-order chi connectivity index (χ0) is 12.8. The molecule has 94 valence electrons. The molecule has 0 aliphatic carbocycles. The topological polar surface area (TPSA) is 44.8 Å². The summed E-state index contributed by atoms with van der Waals surface area (Å²) in [6, 6.07) is 5.25. The molecule has 0 amide bonds. The average Bonchev–Trinajstić information content (AvgIpc) is 2.28. The fourth-order valence-electron chi connectivity index (χ4n) is 1.51. The minimum absolute atomic E-state index is 0.256. The Balaban J connectivity index is 2.75. The summed E-state index contributed by atoms with van der Waals surface area (Å²) in [5.41, 5.74) is 1.38. The van der Waals surface area contributed by atoms with Crippen LogP contribution in [0.25, 0.3) is 0 Å². The van der Waals surface area contributed by atoms with Crippen molar-refractivity contribution in [3.63, 3.8) is 0 Å². The molecule has 0 bridgehead atoms. The maximum Gasteiger partial charge on any atom is 0.338 e. The van der Waals surface area contributed by atoms with Crippen molar-refractivity contribution < 1.29 is 19.0 Å². The Bertz CT molecular complexity index is 387. The molecule has 0 aliphatic heterocycles. The zero-order valence-electron chi connectivity index (χ0n) is 10.6. The minimum Gasteiger partial charge on any atom is -0.497 e. The van der Waals surface area contributed by atoms with Crippen LogP contribution in [-0.4, -0.2) is 32.9 Å². The van der Waals surface area contributed by atoms with Crippen molar-refractivity contribution in [2.75, 3.05) is 20.8 Å². The number of esters is 1. The van der Waals surface area contributed by atoms with Crippen LogP contribution in [0.3, 0.4) is 0 Å². The van der Waals surface area contributed by atoms with E-state index in [-0.39, 0.29) is 12.1 Å². The van der Waals surface area contributed by atoms with Crippen molar-refractivity contribution in [1.82, 2.24) is 0 Å². The number of benzene rings is 1. The second-order valence-corrected chi connectivity index (χ2v) is 3.85. The van der Waals surface area contributed by atoms with E-state index in [1.54, 1.807) is 39.3 Å². The van der Waals surface area contributed by atoms with E-state index in [2.05, 4.69) is 0 Å². The molecule has 0 radical (unpaired) electrons. The van der Waals surface area contributed by atoms with Gasteiger partial charge in [0, 0.05) is 7.11 Å². The first-order valence-electron chi connectivity index (χ1n) is 5.43. The Morgan fingerprint density at radius 1 is 1.35 bits per heavy atom. The molecule has 1 aromatic rings. The van der Waals surface area contributed by atoms with Gasteiger partial charge in [-0.05, 0) is 37.6 Å². The molecular formula is C13H18O4. The monoisotopic (exact) mass is 238 g/mol. The van der Waals surface area contributed by atoms with E-state index in [0.29, 0.717) is 12.2 Å². The maximum absolute atomic E-state index is 11.8. The highest BCUT2D eigenvalue weighted by atomic mass is 16.6. The molecule has 4 heteroatoms. The quantitative estimate of drug-likeness (QED) is 0.738. The van der Waals surface area contributed by atoms with Gasteiger partial charge >= 0.3 is 5.97 Å². The van der Waals surface area contributed by atoms with E-state index in [4.69, 9.17) is 14.2 Å². The van der Waals surface area contributed by atoms with Crippen molar-refractivity contribution in [2.24, 2.45) is 0 Å². The molecule has 0 saturated carbocycles. The summed E-state index contributed by atoms with van der Waals surface area (Å²) in [7, 11) is 3.16. The van der Waals surface area contributed by atoms with Crippen molar-refractivity contribution in [1.29, 1.82) is 0 Å². The van der Waals surface area contributed by atoms with Crippen LogP contribution in [0.15, 0.2) is 18.2 Å². The first-order valence-corrected chi connectivity index (χ1v) is 5.43. The van der Waals surface area contributed by atoms with E-state index in [9.17, 15) is 4.79 Å². The number of aryl methyl sites for hydroxylation is 1. The highest BCUT2D eigenvalue weighted by Crippen LogP contribution is 2.18. The van der Waals surface area contributed by atoms with Gasteiger partial charge in [0.25, 0.3) is 0 Å². The smallest absolute Gasteiger partial charge is 0.338 e. The van der Waals surface area contributed by atoms with Gasteiger partial charge in [-0.2, -0.15) is 0 Å². The Morgan fingerprint density at radius 3 is 2.59 bits per heavy atom. The molecule has 0 aromatic heterocycles. The molecule has 1 rings (SSSR count). The van der Waals surface area contributed by atoms with Crippen molar-refractivity contribution in [2.45, 2.75) is 20.0 Å². The Labute approximate surface area is 101 Å². The standard InChI is InChI=1S/C13H18O4/c1-9-7-11(16-4)5-6-12(9)13(14)17-10(2)8-15-3/h5-7,10H,8H2,1-4H3/t10-/m1/s1. The van der Waals surface area contributed by atoms with Gasteiger partial charge in [0.1, 0.15) is 11.9 Å². The number of ether oxygens (including phenoxy) is 3. The van der Waals surface area contributed by atoms with Gasteiger partial charge in [-0.1, -0.05) is 0 Å². The van der Waals surface area contributed by atoms with Gasteiger partial charge in [0.05, 0.1) is 19.3 Å². The molecular weight excluding hydrogens is 220 g/mol. The Hall–Kier alpha value is -1.55. The molecule has 17 heavy (non-hydrogen) atoms. The Morgan fingerprint density at radius 2 is 2.06 bits per heavy atom. The van der Waals surface area contributed by atoms with E-state index in [0.717, 1.165) is 11.3 Å². The lowest BCUT2D eigenvalue weighted by atomic mass is 10.1. The minimum atomic E-state index is -0.338. The number of carbonyl (C=O) groups is 1. The molecule has 1 aromatic carbocycles. The molecule has 0 heterocycles. The first-order chi connectivity index (χ1) is 8.08. The number of rotatable bonds is 5. The highest BCUT2D eigenvalue weighted by Gasteiger charge is 2.14. The summed E-state index contributed by atoms with van der Waals surface area (Å²) in [5.74, 6) is 0.388. The lowest BCUT2D eigenvalue weighted by Crippen LogP contribution is -2.20. The Kier molecular flexibility index (Phi) is 4.97. The van der Waals surface area contributed by atoms with Crippen LogP contribution in [0.2, 0.25) is 0 Å². The molecule has 4 nitrogen and oxygen atoms in total. The zero-order valence-corrected chi connectivity index (χ0v) is 10.6. The van der Waals surface area contributed by atoms with E-state index >= 15 is 0 Å². The first kappa shape index (κ1) is 13.5. The van der Waals surface area contributed by atoms with Gasteiger partial charge in [0.2, 0.25) is 0 Å². The molecule has 1 atom stereocenters. The van der Waals surface area contributed by atoms with Crippen molar-refractivity contribution in [3.8, 4) is 5.75 Å². The van der Waals surface area contributed by atoms with Crippen LogP contribution in [0.4, 0.5) is 0 Å². The molecule has 0 saturated heterocycles. The molecule has 0 N–H and O–H groups in total. The summed E-state index contributed by atoms with van der Waals surface area (Å²) in [6.45, 7) is 4.03. The summed E-state index contributed by atoms with van der Waals surface area (Å²) in [6.07, 6.45) is -0.256. The highest BCUT2D eigenvalue weighted by molar-refractivity contribution is 5.91. The number of methoxy groups -OCH3 is 2. The second-order valence-electron chi connectivity index (χ2n) is 3.85. The summed E-state index contributed by atoms with van der Waals surface area (Å²) in [4.78, 5) is 11.8. The molecule has 0 fully saturated rings. The van der Waals surface area contributed by atoms with Gasteiger partial charge in [0.15, 0.2) is 0 Å². The van der Waals surface area contributed by atoms with E-state index in [1.165, 1.54) is 0 Å². The third-order valence-electron chi connectivity index (χ3n) is 2.36. The van der Waals surface area contributed by atoms with Crippen LogP contribution >= 0.6 is 0 Å². The van der Waals surface area contributed by atoms with Gasteiger partial charge < -0.3 is 14.2 Å². The number of hydrogen-bond acceptors (Lipinski definition) is 4. The summed E-state index contributed by atoms with van der Waals surface area (Å²) in [5, 5.41) is 0. The third-order valence-corrected chi connectivity index (χ3v) is 2.36. The maximum atomic E-state index is 11.8. The van der Waals surface area contributed by atoms with E-state index in [1.807, 2.05) is 6.92 Å².